The molecule has 3 rings (SSSR count). The number of rotatable bonds is 8. The second-order valence-corrected chi connectivity index (χ2v) is 7.23. The van der Waals surface area contributed by atoms with Crippen molar-refractivity contribution < 1.29 is 28.9 Å². The Hall–Kier alpha value is -2.64. The summed E-state index contributed by atoms with van der Waals surface area (Å²) in [5, 5.41) is 1.66. The lowest BCUT2D eigenvalue weighted by Crippen LogP contribution is -2.32. The minimum Gasteiger partial charge on any atom is -0.382 e. The third kappa shape index (κ3) is 4.37. The summed E-state index contributed by atoms with van der Waals surface area (Å²) in [6.07, 6.45) is 6.88. The van der Waals surface area contributed by atoms with Crippen molar-refractivity contribution in [1.29, 1.82) is 0 Å². The number of amides is 3. The summed E-state index contributed by atoms with van der Waals surface area (Å²) < 4.78 is 0. The van der Waals surface area contributed by atoms with Crippen LogP contribution < -0.4 is 0 Å². The van der Waals surface area contributed by atoms with Gasteiger partial charge in [-0.25, -0.2) is 4.79 Å². The second-order valence-electron chi connectivity index (χ2n) is 7.23. The van der Waals surface area contributed by atoms with Crippen LogP contribution in [0.1, 0.15) is 44.9 Å². The molecule has 2 aliphatic carbocycles. The standard InChI is InChI=1S/C19H24N2O6/c1-12(15-11-13-6-7-14(15)10-13)26-20(2)16(22)4-3-5-19(25)27-21-17(23)8-9-18(21)24/h6-7,13-15H,1,3-5,8-11H2,2H3. The Bertz CT molecular complexity index is 684. The van der Waals surface area contributed by atoms with Crippen molar-refractivity contribution in [3.63, 3.8) is 0 Å². The van der Waals surface area contributed by atoms with Crippen LogP contribution in [0.5, 0.6) is 0 Å². The fourth-order valence-corrected chi connectivity index (χ4v) is 3.79. The first-order valence-corrected chi connectivity index (χ1v) is 9.23. The van der Waals surface area contributed by atoms with Gasteiger partial charge in [0.15, 0.2) is 0 Å². The van der Waals surface area contributed by atoms with Gasteiger partial charge in [-0.15, -0.1) is 5.06 Å². The van der Waals surface area contributed by atoms with Gasteiger partial charge in [-0.2, -0.15) is 5.06 Å². The maximum absolute atomic E-state index is 12.2. The van der Waals surface area contributed by atoms with Gasteiger partial charge in [-0.1, -0.05) is 18.7 Å². The van der Waals surface area contributed by atoms with Crippen LogP contribution >= 0.6 is 0 Å². The van der Waals surface area contributed by atoms with E-state index in [2.05, 4.69) is 18.7 Å². The Morgan fingerprint density at radius 1 is 1.19 bits per heavy atom. The molecule has 0 spiro atoms. The zero-order valence-corrected chi connectivity index (χ0v) is 15.4. The molecule has 8 nitrogen and oxygen atoms in total. The first-order valence-electron chi connectivity index (χ1n) is 9.23. The van der Waals surface area contributed by atoms with E-state index >= 15 is 0 Å². The van der Waals surface area contributed by atoms with Crippen molar-refractivity contribution in [2.24, 2.45) is 17.8 Å². The van der Waals surface area contributed by atoms with Crippen LogP contribution in [0, 0.1) is 17.8 Å². The van der Waals surface area contributed by atoms with Gasteiger partial charge < -0.3 is 9.68 Å². The molecule has 0 aromatic rings. The fourth-order valence-electron chi connectivity index (χ4n) is 3.79. The van der Waals surface area contributed by atoms with E-state index in [1.807, 2.05) is 0 Å². The molecule has 1 heterocycles. The van der Waals surface area contributed by atoms with Crippen molar-refractivity contribution in [3.8, 4) is 0 Å². The Morgan fingerprint density at radius 3 is 2.48 bits per heavy atom. The normalized spacial score (nSPS) is 25.8. The predicted octanol–water partition coefficient (Wildman–Crippen LogP) is 1.88. The van der Waals surface area contributed by atoms with Gasteiger partial charge in [0, 0.05) is 38.6 Å². The smallest absolute Gasteiger partial charge is 0.333 e. The number of imide groups is 1. The molecule has 0 N–H and O–H groups in total. The number of allylic oxidation sites excluding steroid dienone is 3. The highest BCUT2D eigenvalue weighted by Gasteiger charge is 2.38. The molecule has 3 aliphatic rings. The molecular formula is C19H24N2O6. The van der Waals surface area contributed by atoms with E-state index < -0.39 is 17.8 Å². The molecule has 1 saturated carbocycles. The van der Waals surface area contributed by atoms with Gasteiger partial charge >= 0.3 is 5.97 Å². The van der Waals surface area contributed by atoms with Crippen LogP contribution in [0.2, 0.25) is 0 Å². The van der Waals surface area contributed by atoms with Crippen molar-refractivity contribution in [2.45, 2.75) is 44.9 Å². The zero-order chi connectivity index (χ0) is 19.6. The summed E-state index contributed by atoms with van der Waals surface area (Å²) in [5.74, 6) is -0.186. The molecule has 3 amide bonds. The quantitative estimate of drug-likeness (QED) is 0.278. The van der Waals surface area contributed by atoms with Crippen LogP contribution in [0.15, 0.2) is 24.5 Å². The van der Waals surface area contributed by atoms with Crippen LogP contribution in [0.4, 0.5) is 0 Å². The number of nitrogens with zero attached hydrogens (tertiary/aromatic N) is 2. The van der Waals surface area contributed by atoms with Crippen LogP contribution in [-0.4, -0.2) is 40.9 Å². The minimum absolute atomic E-state index is 0.0506. The summed E-state index contributed by atoms with van der Waals surface area (Å²) in [7, 11) is 1.52. The van der Waals surface area contributed by atoms with Crippen LogP contribution in [0.3, 0.4) is 0 Å². The van der Waals surface area contributed by atoms with E-state index in [9.17, 15) is 19.2 Å². The summed E-state index contributed by atoms with van der Waals surface area (Å²) in [6.45, 7) is 3.96. The molecule has 3 unspecified atom stereocenters. The lowest BCUT2D eigenvalue weighted by atomic mass is 9.92. The van der Waals surface area contributed by atoms with Gasteiger partial charge in [0.1, 0.15) is 5.76 Å². The van der Waals surface area contributed by atoms with Gasteiger partial charge in [-0.3, -0.25) is 14.4 Å². The van der Waals surface area contributed by atoms with Gasteiger partial charge in [0.2, 0.25) is 0 Å². The second kappa shape index (κ2) is 7.94. The molecule has 0 aromatic heterocycles. The number of carbonyl (C=O) groups is 4. The predicted molar refractivity (Wildman–Crippen MR) is 92.9 cm³/mol. The molecular weight excluding hydrogens is 352 g/mol. The maximum Gasteiger partial charge on any atom is 0.333 e. The Morgan fingerprint density at radius 2 is 1.89 bits per heavy atom. The molecule has 1 saturated heterocycles. The zero-order valence-electron chi connectivity index (χ0n) is 15.4. The van der Waals surface area contributed by atoms with E-state index in [1.54, 1.807) is 0 Å². The SMILES string of the molecule is C=C(ON(C)C(=O)CCCC(=O)ON1C(=O)CCC1=O)C1CC2C=CC1C2. The molecule has 2 bridgehead atoms. The Labute approximate surface area is 157 Å². The lowest BCUT2D eigenvalue weighted by molar-refractivity contribution is -0.197. The van der Waals surface area contributed by atoms with Gasteiger partial charge in [-0.05, 0) is 31.1 Å². The molecule has 146 valence electrons. The third-order valence-corrected chi connectivity index (χ3v) is 5.27. The highest BCUT2D eigenvalue weighted by Crippen LogP contribution is 2.46. The number of hydrogen-bond acceptors (Lipinski definition) is 6. The molecule has 3 atom stereocenters. The summed E-state index contributed by atoms with van der Waals surface area (Å²) in [6, 6.07) is 0. The largest absolute Gasteiger partial charge is 0.382 e. The molecule has 8 heteroatoms. The van der Waals surface area contributed by atoms with E-state index in [0.29, 0.717) is 22.7 Å². The number of hydrogen-bond donors (Lipinski definition) is 0. The Balaban J connectivity index is 1.35. The van der Waals surface area contributed by atoms with E-state index in [-0.39, 0.29) is 43.9 Å². The van der Waals surface area contributed by atoms with Crippen molar-refractivity contribution in [1.82, 2.24) is 10.1 Å². The monoisotopic (exact) mass is 376 g/mol. The van der Waals surface area contributed by atoms with Gasteiger partial charge in [0.05, 0.1) is 0 Å². The lowest BCUT2D eigenvalue weighted by Gasteiger charge is -2.25. The molecule has 27 heavy (non-hydrogen) atoms. The van der Waals surface area contributed by atoms with Crippen molar-refractivity contribution >= 4 is 23.7 Å². The van der Waals surface area contributed by atoms with Gasteiger partial charge in [0.25, 0.3) is 17.7 Å². The van der Waals surface area contributed by atoms with E-state index in [0.717, 1.165) is 17.9 Å². The van der Waals surface area contributed by atoms with Crippen LogP contribution in [-0.2, 0) is 28.9 Å². The highest BCUT2D eigenvalue weighted by atomic mass is 16.7. The summed E-state index contributed by atoms with van der Waals surface area (Å²) in [5.41, 5.74) is 0. The maximum atomic E-state index is 12.2. The van der Waals surface area contributed by atoms with Crippen molar-refractivity contribution in [3.05, 3.63) is 24.5 Å². The average Bonchev–Trinajstić information content (AvgIpc) is 3.33. The third-order valence-electron chi connectivity index (χ3n) is 5.27. The summed E-state index contributed by atoms with van der Waals surface area (Å²) >= 11 is 0. The number of hydroxylamine groups is 4. The van der Waals surface area contributed by atoms with E-state index in [4.69, 9.17) is 9.68 Å². The average molecular weight is 376 g/mol. The number of carbonyl (C=O) groups excluding carboxylic acids is 4. The molecule has 0 radical (unpaired) electrons. The Kier molecular flexibility index (Phi) is 5.62. The fraction of sp³-hybridized carbons (Fsp3) is 0.579. The van der Waals surface area contributed by atoms with E-state index in [1.165, 1.54) is 7.05 Å². The first-order chi connectivity index (χ1) is 12.8. The summed E-state index contributed by atoms with van der Waals surface area (Å²) in [4.78, 5) is 57.0. The first kappa shape index (κ1) is 19.1. The molecule has 2 fully saturated rings. The molecule has 0 aromatic carbocycles. The highest BCUT2D eigenvalue weighted by molar-refractivity contribution is 6.01. The molecule has 1 aliphatic heterocycles. The number of fused-ring (bicyclic) bond motifs is 2. The topological polar surface area (TPSA) is 93.2 Å². The minimum atomic E-state index is -0.715. The van der Waals surface area contributed by atoms with Crippen molar-refractivity contribution in [2.75, 3.05) is 7.05 Å². The van der Waals surface area contributed by atoms with Crippen LogP contribution in [0.25, 0.3) is 0 Å².